The molecule has 0 aromatic carbocycles. The summed E-state index contributed by atoms with van der Waals surface area (Å²) in [5.41, 5.74) is 1.16. The van der Waals surface area contributed by atoms with Crippen molar-refractivity contribution in [1.29, 1.82) is 0 Å². The molecule has 2 aromatic rings. The Morgan fingerprint density at radius 3 is 3.04 bits per heavy atom. The largest absolute Gasteiger partial charge is 0.373 e. The maximum atomic E-state index is 6.02. The van der Waals surface area contributed by atoms with E-state index in [4.69, 9.17) is 4.74 Å². The number of rotatable bonds is 6. The van der Waals surface area contributed by atoms with Gasteiger partial charge in [-0.2, -0.15) is 10.1 Å². The monoisotopic (exact) mass is 319 g/mol. The van der Waals surface area contributed by atoms with Crippen molar-refractivity contribution in [2.45, 2.75) is 32.4 Å². The molecule has 0 unspecified atom stereocenters. The third-order valence-electron chi connectivity index (χ3n) is 4.16. The van der Waals surface area contributed by atoms with Crippen molar-refractivity contribution in [3.8, 4) is 0 Å². The lowest BCUT2D eigenvalue weighted by Crippen LogP contribution is -2.28. The second-order valence-corrected chi connectivity index (χ2v) is 6.08. The van der Waals surface area contributed by atoms with Crippen molar-refractivity contribution < 1.29 is 4.74 Å². The highest BCUT2D eigenvalue weighted by Crippen LogP contribution is 2.33. The molecular weight excluding hydrogens is 294 g/mol. The zero-order valence-electron chi connectivity index (χ0n) is 14.0. The van der Waals surface area contributed by atoms with E-state index < -0.39 is 0 Å². The third-order valence-corrected chi connectivity index (χ3v) is 4.16. The van der Waals surface area contributed by atoms with E-state index in [-0.39, 0.29) is 6.10 Å². The molecule has 1 aliphatic rings. The van der Waals surface area contributed by atoms with Crippen LogP contribution in [0, 0.1) is 5.92 Å². The van der Waals surface area contributed by atoms with E-state index in [0.29, 0.717) is 17.8 Å². The Balaban J connectivity index is 1.64. The first kappa shape index (κ1) is 15.8. The van der Waals surface area contributed by atoms with E-state index in [1.807, 2.05) is 29.9 Å². The molecule has 8 nitrogen and oxygen atoms in total. The maximum Gasteiger partial charge on any atom is 0.245 e. The topological polar surface area (TPSA) is 83.9 Å². The Morgan fingerprint density at radius 2 is 2.35 bits per heavy atom. The van der Waals surface area contributed by atoms with Gasteiger partial charge < -0.3 is 15.0 Å². The molecule has 2 atom stereocenters. The first-order valence-electron chi connectivity index (χ1n) is 8.15. The van der Waals surface area contributed by atoms with Crippen molar-refractivity contribution in [1.82, 2.24) is 25.0 Å². The van der Waals surface area contributed by atoms with Gasteiger partial charge in [-0.1, -0.05) is 0 Å². The molecule has 0 spiro atoms. The van der Waals surface area contributed by atoms with Gasteiger partial charge in [0, 0.05) is 51.5 Å². The first-order valence-corrected chi connectivity index (χ1v) is 8.15. The lowest BCUT2D eigenvalue weighted by Gasteiger charge is -2.31. The van der Waals surface area contributed by atoms with Gasteiger partial charge in [0.05, 0.1) is 12.3 Å². The molecule has 3 heterocycles. The molecule has 0 bridgehead atoms. The zero-order valence-corrected chi connectivity index (χ0v) is 14.0. The summed E-state index contributed by atoms with van der Waals surface area (Å²) in [6.07, 6.45) is 6.31. The summed E-state index contributed by atoms with van der Waals surface area (Å²) < 4.78 is 7.96. The highest BCUT2D eigenvalue weighted by atomic mass is 16.5. The molecule has 126 valence electrons. The lowest BCUT2D eigenvalue weighted by molar-refractivity contribution is -0.0239. The Labute approximate surface area is 136 Å². The fraction of sp³-hybridized carbons (Fsp3) is 0.667. The van der Waals surface area contributed by atoms with Gasteiger partial charge in [-0.3, -0.25) is 4.68 Å². The highest BCUT2D eigenvalue weighted by molar-refractivity contribution is 5.34. The SMILES string of the molecule is CCn1cc([C@@H]2OCCC[C@H]2CNc2nc(N(C)C)n[nH]2)cn1. The van der Waals surface area contributed by atoms with Crippen LogP contribution in [0.5, 0.6) is 0 Å². The van der Waals surface area contributed by atoms with E-state index in [2.05, 4.69) is 38.7 Å². The lowest BCUT2D eigenvalue weighted by atomic mass is 9.91. The minimum Gasteiger partial charge on any atom is -0.373 e. The fourth-order valence-corrected chi connectivity index (χ4v) is 2.88. The molecule has 1 saturated heterocycles. The summed E-state index contributed by atoms with van der Waals surface area (Å²) in [7, 11) is 3.84. The number of nitrogens with zero attached hydrogens (tertiary/aromatic N) is 5. The maximum absolute atomic E-state index is 6.02. The van der Waals surface area contributed by atoms with Gasteiger partial charge in [-0.15, -0.1) is 5.10 Å². The quantitative estimate of drug-likeness (QED) is 0.842. The summed E-state index contributed by atoms with van der Waals surface area (Å²) in [5.74, 6) is 1.77. The van der Waals surface area contributed by atoms with E-state index in [1.54, 1.807) is 0 Å². The van der Waals surface area contributed by atoms with Crippen LogP contribution in [0.4, 0.5) is 11.9 Å². The van der Waals surface area contributed by atoms with Crippen molar-refractivity contribution >= 4 is 11.9 Å². The van der Waals surface area contributed by atoms with Gasteiger partial charge in [-0.05, 0) is 19.8 Å². The molecule has 3 rings (SSSR count). The second kappa shape index (κ2) is 6.99. The molecule has 1 aliphatic heterocycles. The predicted octanol–water partition coefficient (Wildman–Crippen LogP) is 1.67. The molecule has 23 heavy (non-hydrogen) atoms. The number of anilines is 2. The Hall–Kier alpha value is -2.09. The summed E-state index contributed by atoms with van der Waals surface area (Å²) in [5, 5.41) is 14.8. The number of nitrogens with one attached hydrogen (secondary N) is 2. The van der Waals surface area contributed by atoms with Crippen molar-refractivity contribution in [2.24, 2.45) is 5.92 Å². The molecule has 1 fully saturated rings. The fourth-order valence-electron chi connectivity index (χ4n) is 2.88. The van der Waals surface area contributed by atoms with Crippen molar-refractivity contribution in [2.75, 3.05) is 37.5 Å². The highest BCUT2D eigenvalue weighted by Gasteiger charge is 2.28. The minimum atomic E-state index is 0.0905. The van der Waals surface area contributed by atoms with Crippen LogP contribution in [0.25, 0.3) is 0 Å². The van der Waals surface area contributed by atoms with E-state index in [1.165, 1.54) is 0 Å². The van der Waals surface area contributed by atoms with Crippen LogP contribution in [0.15, 0.2) is 12.4 Å². The van der Waals surface area contributed by atoms with Crippen molar-refractivity contribution in [3.05, 3.63) is 18.0 Å². The normalized spacial score (nSPS) is 21.3. The average Bonchev–Trinajstić information content (AvgIpc) is 3.22. The predicted molar refractivity (Wildman–Crippen MR) is 88.5 cm³/mol. The van der Waals surface area contributed by atoms with Crippen LogP contribution in [0.3, 0.4) is 0 Å². The summed E-state index contributed by atoms with van der Waals surface area (Å²) >= 11 is 0. The zero-order chi connectivity index (χ0) is 16.2. The first-order chi connectivity index (χ1) is 11.2. The summed E-state index contributed by atoms with van der Waals surface area (Å²) in [6.45, 7) is 4.57. The van der Waals surface area contributed by atoms with Crippen LogP contribution in [-0.4, -0.2) is 52.2 Å². The number of hydrogen-bond donors (Lipinski definition) is 2. The van der Waals surface area contributed by atoms with Crippen LogP contribution < -0.4 is 10.2 Å². The Bertz CT molecular complexity index is 621. The number of hydrogen-bond acceptors (Lipinski definition) is 6. The standard InChI is InChI=1S/C15H25N7O/c1-4-22-10-12(9-17-22)13-11(6-5-7-23-13)8-16-14-18-15(20-19-14)21(2)3/h9-11,13H,4-8H2,1-3H3,(H2,16,18,19,20)/t11-,13+/m0/s1. The van der Waals surface area contributed by atoms with Gasteiger partial charge in [0.15, 0.2) is 0 Å². The van der Waals surface area contributed by atoms with Gasteiger partial charge in [-0.25, -0.2) is 5.10 Å². The Kier molecular flexibility index (Phi) is 4.80. The molecule has 2 aromatic heterocycles. The number of H-pyrrole nitrogens is 1. The van der Waals surface area contributed by atoms with Gasteiger partial charge in [0.2, 0.25) is 11.9 Å². The number of ether oxygens (including phenoxy) is 1. The Morgan fingerprint density at radius 1 is 1.48 bits per heavy atom. The average molecular weight is 319 g/mol. The molecule has 0 aliphatic carbocycles. The van der Waals surface area contributed by atoms with Gasteiger partial charge in [0.1, 0.15) is 0 Å². The van der Waals surface area contributed by atoms with Crippen LogP contribution in [0.2, 0.25) is 0 Å². The molecule has 8 heteroatoms. The molecule has 2 N–H and O–H groups in total. The summed E-state index contributed by atoms with van der Waals surface area (Å²) in [4.78, 5) is 6.27. The molecular formula is C15H25N7O. The molecule has 0 saturated carbocycles. The number of aromatic nitrogens is 5. The number of aromatic amines is 1. The number of aryl methyl sites for hydroxylation is 1. The third kappa shape index (κ3) is 3.64. The van der Waals surface area contributed by atoms with Crippen LogP contribution >= 0.6 is 0 Å². The smallest absolute Gasteiger partial charge is 0.245 e. The van der Waals surface area contributed by atoms with E-state index in [0.717, 1.165) is 38.1 Å². The van der Waals surface area contributed by atoms with Crippen molar-refractivity contribution in [3.63, 3.8) is 0 Å². The molecule has 0 amide bonds. The molecule has 0 radical (unpaired) electrons. The van der Waals surface area contributed by atoms with E-state index in [9.17, 15) is 0 Å². The van der Waals surface area contributed by atoms with Crippen LogP contribution in [0.1, 0.15) is 31.4 Å². The van der Waals surface area contributed by atoms with Crippen LogP contribution in [-0.2, 0) is 11.3 Å². The van der Waals surface area contributed by atoms with Gasteiger partial charge in [0.25, 0.3) is 0 Å². The summed E-state index contributed by atoms with van der Waals surface area (Å²) in [6, 6.07) is 0. The van der Waals surface area contributed by atoms with Gasteiger partial charge >= 0.3 is 0 Å². The second-order valence-electron chi connectivity index (χ2n) is 6.08. The van der Waals surface area contributed by atoms with E-state index >= 15 is 0 Å². The minimum absolute atomic E-state index is 0.0905.